The summed E-state index contributed by atoms with van der Waals surface area (Å²) in [7, 11) is 0. The second kappa shape index (κ2) is 8.02. The number of nitrogens with one attached hydrogen (secondary N) is 1. The molecular weight excluding hydrogens is 467 g/mol. The van der Waals surface area contributed by atoms with E-state index in [9.17, 15) is 0 Å². The Kier molecular flexibility index (Phi) is 5.68. The first-order valence-corrected chi connectivity index (χ1v) is 10.7. The highest BCUT2D eigenvalue weighted by atomic mass is 79.9. The molecule has 4 rings (SSSR count). The number of alkyl halides is 1. The minimum Gasteiger partial charge on any atom is -0.325 e. The average Bonchev–Trinajstić information content (AvgIpc) is 2.67. The molecule has 138 valence electrons. The van der Waals surface area contributed by atoms with E-state index < -0.39 is 0 Å². The van der Waals surface area contributed by atoms with Gasteiger partial charge in [0, 0.05) is 28.1 Å². The first-order chi connectivity index (χ1) is 13.1. The molecule has 0 saturated carbocycles. The Morgan fingerprint density at radius 1 is 0.889 bits per heavy atom. The fourth-order valence-corrected chi connectivity index (χ4v) is 4.63. The van der Waals surface area contributed by atoms with Crippen molar-refractivity contribution in [2.24, 2.45) is 0 Å². The molecule has 0 radical (unpaired) electrons. The summed E-state index contributed by atoms with van der Waals surface area (Å²) in [5.41, 5.74) is 6.38. The number of halogens is 4. The quantitative estimate of drug-likeness (QED) is 0.391. The number of hydrogen-bond donors (Lipinski definition) is 1. The van der Waals surface area contributed by atoms with E-state index in [0.29, 0.717) is 16.7 Å². The predicted molar refractivity (Wildman–Crippen MR) is 120 cm³/mol. The van der Waals surface area contributed by atoms with Crippen LogP contribution in [-0.4, -0.2) is 6.67 Å². The van der Waals surface area contributed by atoms with Gasteiger partial charge < -0.3 is 4.90 Å². The third kappa shape index (κ3) is 3.59. The van der Waals surface area contributed by atoms with Crippen molar-refractivity contribution >= 4 is 62.1 Å². The molecule has 1 N–H and O–H groups in total. The summed E-state index contributed by atoms with van der Waals surface area (Å²) in [4.78, 5) is 2.13. The lowest BCUT2D eigenvalue weighted by atomic mass is 9.94. The first kappa shape index (κ1) is 19.1. The molecule has 0 amide bonds. The molecule has 0 fully saturated rings. The number of benzene rings is 3. The molecule has 6 heteroatoms. The molecule has 0 aromatic heterocycles. The number of para-hydroxylation sites is 1. The van der Waals surface area contributed by atoms with Crippen molar-refractivity contribution in [2.45, 2.75) is 11.9 Å². The fourth-order valence-electron chi connectivity index (χ4n) is 3.46. The van der Waals surface area contributed by atoms with Gasteiger partial charge in [0.05, 0.1) is 22.4 Å². The van der Waals surface area contributed by atoms with Gasteiger partial charge in [0.25, 0.3) is 0 Å². The van der Waals surface area contributed by atoms with Gasteiger partial charge in [-0.15, -0.1) is 0 Å². The van der Waals surface area contributed by atoms with E-state index in [1.54, 1.807) is 0 Å². The second-order valence-electron chi connectivity index (χ2n) is 6.34. The number of anilines is 2. The van der Waals surface area contributed by atoms with Gasteiger partial charge in [-0.2, -0.15) is 0 Å². The molecule has 2 nitrogen and oxygen atoms in total. The highest BCUT2D eigenvalue weighted by Gasteiger charge is 2.25. The molecule has 1 heterocycles. The van der Waals surface area contributed by atoms with Crippen molar-refractivity contribution in [3.63, 3.8) is 0 Å². The van der Waals surface area contributed by atoms with Crippen LogP contribution in [-0.2, 0) is 11.9 Å². The van der Waals surface area contributed by atoms with E-state index >= 15 is 0 Å². The minimum atomic E-state index is 0.626. The monoisotopic (exact) mass is 480 g/mol. The molecule has 0 atom stereocenters. The molecular formula is C21H16BrCl3N2. The lowest BCUT2D eigenvalue weighted by Crippen LogP contribution is -2.36. The SMILES string of the molecule is Clc1ccccc1-c1cc(CBr)cc2c1CNCN2c1c(Cl)cccc1Cl. The normalized spacial score (nSPS) is 13.6. The molecule has 1 aliphatic heterocycles. The Morgan fingerprint density at radius 2 is 1.59 bits per heavy atom. The van der Waals surface area contributed by atoms with Crippen molar-refractivity contribution in [3.05, 3.63) is 80.8 Å². The summed E-state index contributed by atoms with van der Waals surface area (Å²) in [6.45, 7) is 1.38. The molecule has 0 saturated heterocycles. The lowest BCUT2D eigenvalue weighted by molar-refractivity contribution is 0.663. The first-order valence-electron chi connectivity index (χ1n) is 8.49. The number of nitrogens with zero attached hydrogens (tertiary/aromatic N) is 1. The Labute approximate surface area is 182 Å². The van der Waals surface area contributed by atoms with E-state index in [2.05, 4.69) is 44.3 Å². The van der Waals surface area contributed by atoms with Gasteiger partial charge in [-0.1, -0.05) is 75.0 Å². The van der Waals surface area contributed by atoms with Crippen LogP contribution in [0.3, 0.4) is 0 Å². The van der Waals surface area contributed by atoms with Gasteiger partial charge in [0.15, 0.2) is 0 Å². The fraction of sp³-hybridized carbons (Fsp3) is 0.143. The summed E-state index contributed by atoms with van der Waals surface area (Å²) < 4.78 is 0. The topological polar surface area (TPSA) is 15.3 Å². The molecule has 3 aromatic rings. The van der Waals surface area contributed by atoms with Crippen LogP contribution in [0.5, 0.6) is 0 Å². The third-order valence-electron chi connectivity index (χ3n) is 4.67. The highest BCUT2D eigenvalue weighted by Crippen LogP contribution is 2.44. The van der Waals surface area contributed by atoms with Crippen molar-refractivity contribution in [2.75, 3.05) is 11.6 Å². The van der Waals surface area contributed by atoms with Crippen LogP contribution >= 0.6 is 50.7 Å². The zero-order valence-electron chi connectivity index (χ0n) is 14.3. The largest absolute Gasteiger partial charge is 0.325 e. The van der Waals surface area contributed by atoms with Crippen molar-refractivity contribution in [1.29, 1.82) is 0 Å². The maximum absolute atomic E-state index is 6.51. The molecule has 3 aromatic carbocycles. The van der Waals surface area contributed by atoms with E-state index in [4.69, 9.17) is 34.8 Å². The average molecular weight is 483 g/mol. The van der Waals surface area contributed by atoms with Gasteiger partial charge in [-0.3, -0.25) is 5.32 Å². The minimum absolute atomic E-state index is 0.626. The second-order valence-corrected chi connectivity index (χ2v) is 8.12. The van der Waals surface area contributed by atoms with Gasteiger partial charge >= 0.3 is 0 Å². The molecule has 27 heavy (non-hydrogen) atoms. The van der Waals surface area contributed by atoms with Gasteiger partial charge in [0.2, 0.25) is 0 Å². The Bertz CT molecular complexity index is 986. The van der Waals surface area contributed by atoms with Crippen LogP contribution in [0, 0.1) is 0 Å². The summed E-state index contributed by atoms with van der Waals surface area (Å²) in [5, 5.41) is 6.20. The molecule has 0 spiro atoms. The summed E-state index contributed by atoms with van der Waals surface area (Å²) in [6.07, 6.45) is 0. The lowest BCUT2D eigenvalue weighted by Gasteiger charge is -2.35. The van der Waals surface area contributed by atoms with Crippen molar-refractivity contribution < 1.29 is 0 Å². The van der Waals surface area contributed by atoms with Crippen LogP contribution in [0.4, 0.5) is 11.4 Å². The van der Waals surface area contributed by atoms with E-state index in [0.717, 1.165) is 39.4 Å². The highest BCUT2D eigenvalue weighted by molar-refractivity contribution is 9.08. The molecule has 0 aliphatic carbocycles. The zero-order chi connectivity index (χ0) is 19.0. The van der Waals surface area contributed by atoms with Crippen LogP contribution in [0.25, 0.3) is 11.1 Å². The van der Waals surface area contributed by atoms with Crippen LogP contribution < -0.4 is 10.2 Å². The third-order valence-corrected chi connectivity index (χ3v) is 6.26. The van der Waals surface area contributed by atoms with Crippen molar-refractivity contribution in [3.8, 4) is 11.1 Å². The predicted octanol–water partition coefficient (Wildman–Crippen LogP) is 7.41. The number of fused-ring (bicyclic) bond motifs is 1. The Balaban J connectivity index is 1.96. The maximum Gasteiger partial charge on any atom is 0.0800 e. The van der Waals surface area contributed by atoms with E-state index in [1.165, 1.54) is 11.1 Å². The Morgan fingerprint density at radius 3 is 2.30 bits per heavy atom. The van der Waals surface area contributed by atoms with Gasteiger partial charge in [0.1, 0.15) is 0 Å². The summed E-state index contributed by atoms with van der Waals surface area (Å²) >= 11 is 23.1. The van der Waals surface area contributed by atoms with E-state index in [-0.39, 0.29) is 0 Å². The maximum atomic E-state index is 6.51. The van der Waals surface area contributed by atoms with Crippen LogP contribution in [0.1, 0.15) is 11.1 Å². The number of hydrogen-bond acceptors (Lipinski definition) is 2. The van der Waals surface area contributed by atoms with E-state index in [1.807, 2.05) is 36.4 Å². The smallest absolute Gasteiger partial charge is 0.0800 e. The summed E-state index contributed by atoms with van der Waals surface area (Å²) in [5.74, 6) is 0. The van der Waals surface area contributed by atoms with Crippen LogP contribution in [0.2, 0.25) is 15.1 Å². The van der Waals surface area contributed by atoms with Crippen molar-refractivity contribution in [1.82, 2.24) is 5.32 Å². The van der Waals surface area contributed by atoms with Gasteiger partial charge in [-0.25, -0.2) is 0 Å². The molecule has 0 bridgehead atoms. The van der Waals surface area contributed by atoms with Gasteiger partial charge in [-0.05, 0) is 47.0 Å². The van der Waals surface area contributed by atoms with Crippen LogP contribution in [0.15, 0.2) is 54.6 Å². The molecule has 1 aliphatic rings. The zero-order valence-corrected chi connectivity index (χ0v) is 18.1. The number of rotatable bonds is 3. The molecule has 0 unspecified atom stereocenters. The summed E-state index contributed by atoms with van der Waals surface area (Å²) in [6, 6.07) is 17.9. The standard InChI is InChI=1S/C21H16BrCl3N2/c22-10-13-8-15(14-4-1-2-5-17(14)23)16-11-26-12-27(20(16)9-13)21-18(24)6-3-7-19(21)25/h1-9,26H,10-12H2. The Hall–Kier alpha value is -1.23.